The molecule has 2 aromatic rings. The molecule has 1 amide bonds. The Morgan fingerprint density at radius 3 is 2.48 bits per heavy atom. The minimum atomic E-state index is -3.66. The Labute approximate surface area is 159 Å². The van der Waals surface area contributed by atoms with Gasteiger partial charge in [0.05, 0.1) is 37.3 Å². The molecule has 0 aliphatic carbocycles. The van der Waals surface area contributed by atoms with Crippen molar-refractivity contribution in [1.82, 2.24) is 10.0 Å². The van der Waals surface area contributed by atoms with Crippen molar-refractivity contribution in [2.45, 2.75) is 37.2 Å². The molecule has 0 unspecified atom stereocenters. The average Bonchev–Trinajstić information content (AvgIpc) is 3.21. The second-order valence-electron chi connectivity index (χ2n) is 6.78. The number of amides is 1. The summed E-state index contributed by atoms with van der Waals surface area (Å²) < 4.78 is 32.3. The van der Waals surface area contributed by atoms with Gasteiger partial charge in [0.15, 0.2) is 0 Å². The molecular formula is C19H26N3O4S+. The Balaban J connectivity index is 1.56. The quantitative estimate of drug-likeness (QED) is 0.642. The van der Waals surface area contributed by atoms with Crippen LogP contribution >= 0.6 is 0 Å². The molecule has 3 N–H and O–H groups in total. The van der Waals surface area contributed by atoms with Crippen LogP contribution in [0, 0.1) is 0 Å². The maximum atomic E-state index is 12.4. The minimum Gasteiger partial charge on any atom is -0.468 e. The molecule has 1 saturated heterocycles. The highest BCUT2D eigenvalue weighted by molar-refractivity contribution is 7.89. The molecule has 3 rings (SSSR count). The first kappa shape index (κ1) is 19.6. The fourth-order valence-corrected chi connectivity index (χ4v) is 4.23. The van der Waals surface area contributed by atoms with Crippen molar-refractivity contribution in [3.8, 4) is 0 Å². The number of piperidine rings is 1. The van der Waals surface area contributed by atoms with E-state index in [9.17, 15) is 13.2 Å². The van der Waals surface area contributed by atoms with Crippen LogP contribution in [0.4, 0.5) is 0 Å². The Kier molecular flexibility index (Phi) is 6.30. The van der Waals surface area contributed by atoms with Crippen LogP contribution in [0.3, 0.4) is 0 Å². The van der Waals surface area contributed by atoms with Gasteiger partial charge in [-0.1, -0.05) is 0 Å². The SMILES string of the molecule is CC[NH+]1CCC(NC(=O)c2ccc(S(=O)(=O)NCc3ccco3)cc2)CC1. The number of quaternary nitrogens is 1. The van der Waals surface area contributed by atoms with Crippen LogP contribution in [0.1, 0.15) is 35.9 Å². The van der Waals surface area contributed by atoms with Gasteiger partial charge in [-0.15, -0.1) is 0 Å². The first-order valence-corrected chi connectivity index (χ1v) is 10.7. The summed E-state index contributed by atoms with van der Waals surface area (Å²) in [5.74, 6) is 0.373. The third-order valence-electron chi connectivity index (χ3n) is 4.97. The Bertz CT molecular complexity index is 840. The summed E-state index contributed by atoms with van der Waals surface area (Å²) in [7, 11) is -3.66. The summed E-state index contributed by atoms with van der Waals surface area (Å²) in [5, 5.41) is 3.05. The summed E-state index contributed by atoms with van der Waals surface area (Å²) in [4.78, 5) is 14.1. The average molecular weight is 393 g/mol. The number of sulfonamides is 1. The zero-order valence-corrected chi connectivity index (χ0v) is 16.2. The summed E-state index contributed by atoms with van der Waals surface area (Å²) in [5.41, 5.74) is 0.463. The van der Waals surface area contributed by atoms with E-state index in [2.05, 4.69) is 17.0 Å². The molecule has 1 aliphatic rings. The molecule has 2 heterocycles. The maximum absolute atomic E-state index is 12.4. The van der Waals surface area contributed by atoms with E-state index in [0.717, 1.165) is 32.5 Å². The van der Waals surface area contributed by atoms with E-state index in [4.69, 9.17) is 4.42 Å². The van der Waals surface area contributed by atoms with E-state index in [-0.39, 0.29) is 23.4 Å². The van der Waals surface area contributed by atoms with Crippen LogP contribution in [-0.4, -0.2) is 40.0 Å². The van der Waals surface area contributed by atoms with Crippen LogP contribution in [0.25, 0.3) is 0 Å². The fourth-order valence-electron chi connectivity index (χ4n) is 3.24. The van der Waals surface area contributed by atoms with Gasteiger partial charge in [-0.3, -0.25) is 4.79 Å². The molecule has 27 heavy (non-hydrogen) atoms. The van der Waals surface area contributed by atoms with Crippen molar-refractivity contribution in [3.63, 3.8) is 0 Å². The van der Waals surface area contributed by atoms with Gasteiger partial charge >= 0.3 is 0 Å². The lowest BCUT2D eigenvalue weighted by molar-refractivity contribution is -0.903. The number of benzene rings is 1. The van der Waals surface area contributed by atoms with E-state index >= 15 is 0 Å². The number of rotatable bonds is 7. The predicted octanol–water partition coefficient (Wildman–Crippen LogP) is 0.555. The van der Waals surface area contributed by atoms with Gasteiger partial charge in [0, 0.05) is 24.4 Å². The van der Waals surface area contributed by atoms with Gasteiger partial charge in [-0.25, -0.2) is 13.1 Å². The van der Waals surface area contributed by atoms with Crippen LogP contribution in [0.2, 0.25) is 0 Å². The normalized spacial score (nSPS) is 20.3. The molecule has 7 nitrogen and oxygen atoms in total. The number of carbonyl (C=O) groups is 1. The fraction of sp³-hybridized carbons (Fsp3) is 0.421. The molecular weight excluding hydrogens is 366 g/mol. The molecule has 1 aromatic carbocycles. The molecule has 1 fully saturated rings. The topological polar surface area (TPSA) is 92.9 Å². The summed E-state index contributed by atoms with van der Waals surface area (Å²) in [6.07, 6.45) is 3.43. The first-order chi connectivity index (χ1) is 13.0. The number of likely N-dealkylation sites (tertiary alicyclic amines) is 1. The lowest BCUT2D eigenvalue weighted by atomic mass is 10.0. The number of nitrogens with one attached hydrogen (secondary N) is 3. The van der Waals surface area contributed by atoms with Crippen molar-refractivity contribution in [2.75, 3.05) is 19.6 Å². The van der Waals surface area contributed by atoms with Gasteiger partial charge in [0.2, 0.25) is 10.0 Å². The van der Waals surface area contributed by atoms with Gasteiger partial charge in [0.25, 0.3) is 5.91 Å². The Hall–Kier alpha value is -2.16. The van der Waals surface area contributed by atoms with Crippen molar-refractivity contribution < 1.29 is 22.5 Å². The van der Waals surface area contributed by atoms with E-state index < -0.39 is 10.0 Å². The number of furan rings is 1. The molecule has 0 spiro atoms. The minimum absolute atomic E-state index is 0.0794. The van der Waals surface area contributed by atoms with Crippen LogP contribution < -0.4 is 14.9 Å². The van der Waals surface area contributed by atoms with Crippen molar-refractivity contribution in [3.05, 3.63) is 54.0 Å². The molecule has 146 valence electrons. The molecule has 1 aliphatic heterocycles. The van der Waals surface area contributed by atoms with E-state index in [1.54, 1.807) is 29.2 Å². The second kappa shape index (κ2) is 8.69. The second-order valence-corrected chi connectivity index (χ2v) is 8.55. The Morgan fingerprint density at radius 1 is 1.19 bits per heavy atom. The smallest absolute Gasteiger partial charge is 0.251 e. The van der Waals surface area contributed by atoms with Gasteiger partial charge in [-0.05, 0) is 43.3 Å². The maximum Gasteiger partial charge on any atom is 0.251 e. The summed E-state index contributed by atoms with van der Waals surface area (Å²) >= 11 is 0. The zero-order chi connectivity index (χ0) is 19.3. The van der Waals surface area contributed by atoms with Crippen LogP contribution in [0.15, 0.2) is 52.0 Å². The van der Waals surface area contributed by atoms with Gasteiger partial charge < -0.3 is 14.6 Å². The monoisotopic (exact) mass is 392 g/mol. The van der Waals surface area contributed by atoms with E-state index in [0.29, 0.717) is 11.3 Å². The largest absolute Gasteiger partial charge is 0.468 e. The standard InChI is InChI=1S/C19H25N3O4S/c1-2-22-11-9-16(10-12-22)21-19(23)15-5-7-18(8-6-15)27(24,25)20-14-17-4-3-13-26-17/h3-8,13,16,20H,2,9-12,14H2,1H3,(H,21,23)/p+1. The van der Waals surface area contributed by atoms with Gasteiger partial charge in [-0.2, -0.15) is 0 Å². The third-order valence-corrected chi connectivity index (χ3v) is 6.39. The van der Waals surface area contributed by atoms with E-state index in [1.807, 2.05) is 0 Å². The lowest BCUT2D eigenvalue weighted by Gasteiger charge is -2.28. The first-order valence-electron chi connectivity index (χ1n) is 9.24. The highest BCUT2D eigenvalue weighted by Crippen LogP contribution is 2.12. The molecule has 0 atom stereocenters. The molecule has 0 radical (unpaired) electrons. The zero-order valence-electron chi connectivity index (χ0n) is 15.4. The van der Waals surface area contributed by atoms with Crippen molar-refractivity contribution in [1.29, 1.82) is 0 Å². The highest BCUT2D eigenvalue weighted by atomic mass is 32.2. The van der Waals surface area contributed by atoms with Gasteiger partial charge in [0.1, 0.15) is 5.76 Å². The summed E-state index contributed by atoms with van der Waals surface area (Å²) in [6.45, 7) is 5.51. The van der Waals surface area contributed by atoms with Crippen molar-refractivity contribution >= 4 is 15.9 Å². The van der Waals surface area contributed by atoms with E-state index in [1.165, 1.54) is 18.4 Å². The molecule has 8 heteroatoms. The van der Waals surface area contributed by atoms with Crippen molar-refractivity contribution in [2.24, 2.45) is 0 Å². The van der Waals surface area contributed by atoms with Crippen LogP contribution in [-0.2, 0) is 16.6 Å². The number of hydrogen-bond donors (Lipinski definition) is 3. The third kappa shape index (κ3) is 5.18. The highest BCUT2D eigenvalue weighted by Gasteiger charge is 2.23. The van der Waals surface area contributed by atoms with Crippen LogP contribution in [0.5, 0.6) is 0 Å². The molecule has 1 aromatic heterocycles. The lowest BCUT2D eigenvalue weighted by Crippen LogP contribution is -3.13. The number of hydrogen-bond acceptors (Lipinski definition) is 4. The molecule has 0 saturated carbocycles. The predicted molar refractivity (Wildman–Crippen MR) is 101 cm³/mol. The number of carbonyl (C=O) groups excluding carboxylic acids is 1. The Morgan fingerprint density at radius 2 is 1.89 bits per heavy atom. The molecule has 0 bridgehead atoms. The summed E-state index contributed by atoms with van der Waals surface area (Å²) in [6, 6.07) is 9.57.